The van der Waals surface area contributed by atoms with Crippen LogP contribution in [0.2, 0.25) is 0 Å². The van der Waals surface area contributed by atoms with Crippen molar-refractivity contribution >= 4 is 5.97 Å². The molecule has 0 aliphatic rings. The lowest BCUT2D eigenvalue weighted by molar-refractivity contribution is 0.0661. The SMILES string of the molecule is CC.Cc1ccc(OCc2cc(C(=O)O)oc2C)cc1. The maximum absolute atomic E-state index is 10.7. The quantitative estimate of drug-likeness (QED) is 0.909. The number of benzene rings is 1. The smallest absolute Gasteiger partial charge is 0.371 e. The van der Waals surface area contributed by atoms with Gasteiger partial charge < -0.3 is 14.3 Å². The average molecular weight is 276 g/mol. The van der Waals surface area contributed by atoms with Gasteiger partial charge in [-0.15, -0.1) is 0 Å². The fourth-order valence-corrected chi connectivity index (χ4v) is 1.56. The second kappa shape index (κ2) is 7.38. The Morgan fingerprint density at radius 2 is 1.80 bits per heavy atom. The Balaban J connectivity index is 0.000000956. The van der Waals surface area contributed by atoms with Gasteiger partial charge in [-0.1, -0.05) is 31.5 Å². The Kier molecular flexibility index (Phi) is 5.84. The van der Waals surface area contributed by atoms with E-state index in [0.717, 1.165) is 16.9 Å². The summed E-state index contributed by atoms with van der Waals surface area (Å²) in [6.45, 7) is 8.02. The number of carboxylic acids is 1. The van der Waals surface area contributed by atoms with Gasteiger partial charge in [0.1, 0.15) is 18.1 Å². The molecule has 2 rings (SSSR count). The van der Waals surface area contributed by atoms with Crippen molar-refractivity contribution in [2.45, 2.75) is 34.3 Å². The highest BCUT2D eigenvalue weighted by Crippen LogP contribution is 2.18. The van der Waals surface area contributed by atoms with E-state index in [9.17, 15) is 4.79 Å². The predicted octanol–water partition coefficient (Wildman–Crippen LogP) is 4.20. The van der Waals surface area contributed by atoms with Crippen molar-refractivity contribution in [2.24, 2.45) is 0 Å². The number of hydrogen-bond acceptors (Lipinski definition) is 3. The first kappa shape index (κ1) is 15.8. The third-order valence-corrected chi connectivity index (χ3v) is 2.65. The standard InChI is InChI=1S/C14H14O4.C2H6/c1-9-3-5-12(6-4-9)17-8-11-7-13(14(15)16)18-10(11)2;1-2/h3-7H,8H2,1-2H3,(H,15,16);1-2H3. The molecule has 4 heteroatoms. The lowest BCUT2D eigenvalue weighted by Gasteiger charge is -2.05. The van der Waals surface area contributed by atoms with E-state index in [1.165, 1.54) is 6.07 Å². The van der Waals surface area contributed by atoms with Crippen LogP contribution >= 0.6 is 0 Å². The van der Waals surface area contributed by atoms with Crippen LogP contribution in [0.3, 0.4) is 0 Å². The number of rotatable bonds is 4. The predicted molar refractivity (Wildman–Crippen MR) is 77.3 cm³/mol. The molecule has 0 aliphatic carbocycles. The number of aromatic carboxylic acids is 1. The van der Waals surface area contributed by atoms with Gasteiger partial charge in [-0.3, -0.25) is 0 Å². The van der Waals surface area contributed by atoms with Crippen molar-refractivity contribution < 1.29 is 19.1 Å². The summed E-state index contributed by atoms with van der Waals surface area (Å²) >= 11 is 0. The average Bonchev–Trinajstić information content (AvgIpc) is 2.82. The van der Waals surface area contributed by atoms with Crippen molar-refractivity contribution in [3.05, 3.63) is 53.0 Å². The molecule has 0 radical (unpaired) electrons. The summed E-state index contributed by atoms with van der Waals surface area (Å²) < 4.78 is 10.7. The van der Waals surface area contributed by atoms with Gasteiger partial charge in [-0.25, -0.2) is 4.79 Å². The molecule has 0 amide bonds. The van der Waals surface area contributed by atoms with Crippen LogP contribution in [0.1, 0.15) is 41.3 Å². The first-order chi connectivity index (χ1) is 9.56. The summed E-state index contributed by atoms with van der Waals surface area (Å²) in [5.74, 6) is 0.187. The minimum Gasteiger partial charge on any atom is -0.489 e. The molecule has 0 saturated carbocycles. The van der Waals surface area contributed by atoms with E-state index in [1.807, 2.05) is 45.0 Å². The van der Waals surface area contributed by atoms with Gasteiger partial charge in [0.05, 0.1) is 0 Å². The Hall–Kier alpha value is -2.23. The molecule has 0 fully saturated rings. The van der Waals surface area contributed by atoms with Gasteiger partial charge >= 0.3 is 5.97 Å². The number of carbonyl (C=O) groups is 1. The molecular formula is C16H20O4. The van der Waals surface area contributed by atoms with Crippen LogP contribution in [-0.4, -0.2) is 11.1 Å². The number of carboxylic acid groups (broad SMARTS) is 1. The molecule has 4 nitrogen and oxygen atoms in total. The Labute approximate surface area is 119 Å². The molecule has 0 saturated heterocycles. The zero-order chi connectivity index (χ0) is 15.1. The summed E-state index contributed by atoms with van der Waals surface area (Å²) in [5, 5.41) is 8.80. The minimum atomic E-state index is -1.07. The van der Waals surface area contributed by atoms with Crippen LogP contribution in [-0.2, 0) is 6.61 Å². The fraction of sp³-hybridized carbons (Fsp3) is 0.312. The lowest BCUT2D eigenvalue weighted by Crippen LogP contribution is -1.96. The van der Waals surface area contributed by atoms with E-state index in [0.29, 0.717) is 12.4 Å². The van der Waals surface area contributed by atoms with Gasteiger partial charge in [0.2, 0.25) is 5.76 Å². The van der Waals surface area contributed by atoms with Gasteiger partial charge in [0, 0.05) is 5.56 Å². The molecule has 0 atom stereocenters. The molecule has 20 heavy (non-hydrogen) atoms. The Morgan fingerprint density at radius 1 is 1.20 bits per heavy atom. The van der Waals surface area contributed by atoms with Crippen LogP contribution in [0.15, 0.2) is 34.7 Å². The molecule has 0 spiro atoms. The lowest BCUT2D eigenvalue weighted by atomic mass is 10.2. The van der Waals surface area contributed by atoms with Gasteiger partial charge in [0.15, 0.2) is 0 Å². The van der Waals surface area contributed by atoms with Crippen LogP contribution in [0.5, 0.6) is 5.75 Å². The van der Waals surface area contributed by atoms with E-state index in [-0.39, 0.29) is 5.76 Å². The summed E-state index contributed by atoms with van der Waals surface area (Å²) in [4.78, 5) is 10.7. The number of ether oxygens (including phenoxy) is 1. The minimum absolute atomic E-state index is 0.0602. The maximum atomic E-state index is 10.7. The maximum Gasteiger partial charge on any atom is 0.371 e. The third-order valence-electron chi connectivity index (χ3n) is 2.65. The molecule has 1 aromatic heterocycles. The van der Waals surface area contributed by atoms with Crippen molar-refractivity contribution in [3.63, 3.8) is 0 Å². The topological polar surface area (TPSA) is 59.7 Å². The summed E-state index contributed by atoms with van der Waals surface area (Å²) in [6, 6.07) is 9.16. The highest BCUT2D eigenvalue weighted by molar-refractivity contribution is 5.84. The van der Waals surface area contributed by atoms with Crippen LogP contribution in [0.4, 0.5) is 0 Å². The van der Waals surface area contributed by atoms with Crippen molar-refractivity contribution in [1.82, 2.24) is 0 Å². The summed E-state index contributed by atoms with van der Waals surface area (Å²) in [7, 11) is 0. The second-order valence-corrected chi connectivity index (χ2v) is 4.10. The summed E-state index contributed by atoms with van der Waals surface area (Å²) in [5.41, 5.74) is 1.91. The highest BCUT2D eigenvalue weighted by Gasteiger charge is 2.13. The highest BCUT2D eigenvalue weighted by atomic mass is 16.5. The normalized spacial score (nSPS) is 9.60. The van der Waals surface area contributed by atoms with E-state index in [2.05, 4.69) is 0 Å². The van der Waals surface area contributed by atoms with Crippen molar-refractivity contribution in [1.29, 1.82) is 0 Å². The Morgan fingerprint density at radius 3 is 2.30 bits per heavy atom. The zero-order valence-corrected chi connectivity index (χ0v) is 12.3. The van der Waals surface area contributed by atoms with Crippen LogP contribution in [0, 0.1) is 13.8 Å². The molecule has 1 aromatic carbocycles. The zero-order valence-electron chi connectivity index (χ0n) is 12.3. The molecule has 0 unspecified atom stereocenters. The van der Waals surface area contributed by atoms with Gasteiger partial charge in [-0.2, -0.15) is 0 Å². The molecule has 0 aliphatic heterocycles. The third kappa shape index (κ3) is 4.16. The van der Waals surface area contributed by atoms with Crippen molar-refractivity contribution in [3.8, 4) is 5.75 Å². The molecule has 2 aromatic rings. The number of aryl methyl sites for hydroxylation is 2. The number of hydrogen-bond donors (Lipinski definition) is 1. The molecule has 1 heterocycles. The van der Waals surface area contributed by atoms with Crippen molar-refractivity contribution in [2.75, 3.05) is 0 Å². The molecular weight excluding hydrogens is 256 g/mol. The second-order valence-electron chi connectivity index (χ2n) is 4.10. The fourth-order valence-electron chi connectivity index (χ4n) is 1.56. The summed E-state index contributed by atoms with van der Waals surface area (Å²) in [6.07, 6.45) is 0. The first-order valence-corrected chi connectivity index (χ1v) is 6.58. The molecule has 108 valence electrons. The van der Waals surface area contributed by atoms with E-state index in [4.69, 9.17) is 14.3 Å². The molecule has 1 N–H and O–H groups in total. The largest absolute Gasteiger partial charge is 0.489 e. The van der Waals surface area contributed by atoms with E-state index >= 15 is 0 Å². The first-order valence-electron chi connectivity index (χ1n) is 6.58. The van der Waals surface area contributed by atoms with E-state index in [1.54, 1.807) is 6.92 Å². The van der Waals surface area contributed by atoms with Crippen LogP contribution in [0.25, 0.3) is 0 Å². The number of furan rings is 1. The van der Waals surface area contributed by atoms with Crippen LogP contribution < -0.4 is 4.74 Å². The van der Waals surface area contributed by atoms with Gasteiger partial charge in [0.25, 0.3) is 0 Å². The van der Waals surface area contributed by atoms with E-state index < -0.39 is 5.97 Å². The van der Waals surface area contributed by atoms with Gasteiger partial charge in [-0.05, 0) is 32.0 Å². The monoisotopic (exact) mass is 276 g/mol. The molecule has 0 bridgehead atoms. The Bertz CT molecular complexity index is 552.